The van der Waals surface area contributed by atoms with E-state index < -0.39 is 0 Å². The molecular weight excluding hydrogens is 282 g/mol. The molecule has 2 aliphatic heterocycles. The SMILES string of the molecule is CCC1NC(c2cccs2)N(CCN2CCCCC2)C1=O. The highest BCUT2D eigenvalue weighted by atomic mass is 32.1. The smallest absolute Gasteiger partial charge is 0.241 e. The number of piperidine rings is 1. The van der Waals surface area contributed by atoms with Crippen molar-refractivity contribution in [2.75, 3.05) is 26.2 Å². The molecule has 21 heavy (non-hydrogen) atoms. The van der Waals surface area contributed by atoms with Crippen LogP contribution in [-0.2, 0) is 4.79 Å². The third-order valence-corrected chi connectivity index (χ3v) is 5.50. The number of nitrogens with zero attached hydrogens (tertiary/aromatic N) is 2. The van der Waals surface area contributed by atoms with Gasteiger partial charge in [0, 0.05) is 18.0 Å². The van der Waals surface area contributed by atoms with E-state index in [0.717, 1.165) is 19.5 Å². The maximum Gasteiger partial charge on any atom is 0.241 e. The van der Waals surface area contributed by atoms with Gasteiger partial charge in [0.25, 0.3) is 0 Å². The van der Waals surface area contributed by atoms with Gasteiger partial charge in [-0.2, -0.15) is 0 Å². The molecule has 3 rings (SSSR count). The van der Waals surface area contributed by atoms with Gasteiger partial charge in [0.15, 0.2) is 0 Å². The molecule has 1 amide bonds. The first kappa shape index (κ1) is 15.0. The number of carbonyl (C=O) groups is 1. The van der Waals surface area contributed by atoms with Crippen molar-refractivity contribution >= 4 is 17.2 Å². The van der Waals surface area contributed by atoms with Crippen LogP contribution in [0.4, 0.5) is 0 Å². The Balaban J connectivity index is 1.65. The standard InChI is InChI=1S/C16H25N3OS/c1-2-13-16(20)19(11-10-18-8-4-3-5-9-18)15(17-13)14-7-6-12-21-14/h6-7,12-13,15,17H,2-5,8-11H2,1H3. The molecule has 2 fully saturated rings. The van der Waals surface area contributed by atoms with Crippen molar-refractivity contribution in [2.45, 2.75) is 44.8 Å². The third kappa shape index (κ3) is 3.30. The summed E-state index contributed by atoms with van der Waals surface area (Å²) in [4.78, 5) is 18.4. The molecule has 2 unspecified atom stereocenters. The maximum absolute atomic E-state index is 12.6. The molecule has 1 aromatic heterocycles. The molecule has 0 spiro atoms. The van der Waals surface area contributed by atoms with Crippen molar-refractivity contribution < 1.29 is 4.79 Å². The summed E-state index contributed by atoms with van der Waals surface area (Å²) >= 11 is 1.73. The van der Waals surface area contributed by atoms with E-state index in [4.69, 9.17) is 0 Å². The first-order valence-corrected chi connectivity index (χ1v) is 9.00. The van der Waals surface area contributed by atoms with Crippen molar-refractivity contribution in [1.29, 1.82) is 0 Å². The quantitative estimate of drug-likeness (QED) is 0.907. The van der Waals surface area contributed by atoms with Crippen LogP contribution in [0.5, 0.6) is 0 Å². The number of carbonyl (C=O) groups excluding carboxylic acids is 1. The van der Waals surface area contributed by atoms with Crippen LogP contribution in [0.1, 0.15) is 43.6 Å². The highest BCUT2D eigenvalue weighted by molar-refractivity contribution is 7.10. The van der Waals surface area contributed by atoms with E-state index in [2.05, 4.69) is 39.6 Å². The summed E-state index contributed by atoms with van der Waals surface area (Å²) in [6.45, 7) is 6.30. The van der Waals surface area contributed by atoms with E-state index in [9.17, 15) is 4.79 Å². The second kappa shape index (κ2) is 6.90. The van der Waals surface area contributed by atoms with E-state index in [1.807, 2.05) is 0 Å². The molecule has 1 N–H and O–H groups in total. The molecule has 3 heterocycles. The highest BCUT2D eigenvalue weighted by Gasteiger charge is 2.38. The molecule has 1 aromatic rings. The summed E-state index contributed by atoms with van der Waals surface area (Å²) in [6, 6.07) is 4.17. The lowest BCUT2D eigenvalue weighted by Crippen LogP contribution is -2.40. The summed E-state index contributed by atoms with van der Waals surface area (Å²) in [5.74, 6) is 0.271. The van der Waals surface area contributed by atoms with Gasteiger partial charge in [0.2, 0.25) is 5.91 Å². The van der Waals surface area contributed by atoms with Gasteiger partial charge in [0.05, 0.1) is 6.04 Å². The Hall–Kier alpha value is -0.910. The van der Waals surface area contributed by atoms with E-state index in [1.54, 1.807) is 11.3 Å². The van der Waals surface area contributed by atoms with Crippen molar-refractivity contribution in [3.63, 3.8) is 0 Å². The van der Waals surface area contributed by atoms with E-state index in [-0.39, 0.29) is 18.1 Å². The van der Waals surface area contributed by atoms with Crippen LogP contribution in [0, 0.1) is 0 Å². The lowest BCUT2D eigenvalue weighted by molar-refractivity contribution is -0.130. The van der Waals surface area contributed by atoms with E-state index in [0.29, 0.717) is 0 Å². The third-order valence-electron chi connectivity index (χ3n) is 4.58. The Morgan fingerprint density at radius 1 is 1.29 bits per heavy atom. The number of nitrogens with one attached hydrogen (secondary N) is 1. The van der Waals surface area contributed by atoms with Gasteiger partial charge in [-0.15, -0.1) is 11.3 Å². The Kier molecular flexibility index (Phi) is 4.93. The summed E-state index contributed by atoms with van der Waals surface area (Å²) in [7, 11) is 0. The van der Waals surface area contributed by atoms with Crippen LogP contribution in [-0.4, -0.2) is 47.9 Å². The van der Waals surface area contributed by atoms with Crippen LogP contribution in [0.2, 0.25) is 0 Å². The Morgan fingerprint density at radius 2 is 2.10 bits per heavy atom. The number of hydrogen-bond donors (Lipinski definition) is 1. The minimum absolute atomic E-state index is 0.0153. The molecule has 0 bridgehead atoms. The fourth-order valence-electron chi connectivity index (χ4n) is 3.33. The first-order valence-electron chi connectivity index (χ1n) is 8.12. The number of likely N-dealkylation sites (tertiary alicyclic amines) is 1. The second-order valence-corrected chi connectivity index (χ2v) is 6.96. The molecule has 4 nitrogen and oxygen atoms in total. The Bertz CT molecular complexity index is 456. The molecule has 5 heteroatoms. The van der Waals surface area contributed by atoms with Crippen LogP contribution >= 0.6 is 11.3 Å². The topological polar surface area (TPSA) is 35.6 Å². The number of amides is 1. The van der Waals surface area contributed by atoms with E-state index >= 15 is 0 Å². The van der Waals surface area contributed by atoms with Crippen molar-refractivity contribution in [3.05, 3.63) is 22.4 Å². The molecule has 116 valence electrons. The van der Waals surface area contributed by atoms with Crippen LogP contribution in [0.3, 0.4) is 0 Å². The number of hydrogen-bond acceptors (Lipinski definition) is 4. The molecule has 0 radical (unpaired) electrons. The molecule has 2 aliphatic rings. The fourth-order valence-corrected chi connectivity index (χ4v) is 4.12. The van der Waals surface area contributed by atoms with Gasteiger partial charge in [-0.05, 0) is 43.8 Å². The molecule has 2 saturated heterocycles. The molecule has 0 aromatic carbocycles. The largest absolute Gasteiger partial charge is 0.319 e. The van der Waals surface area contributed by atoms with Gasteiger partial charge >= 0.3 is 0 Å². The van der Waals surface area contributed by atoms with Crippen LogP contribution in [0.25, 0.3) is 0 Å². The lowest BCUT2D eigenvalue weighted by atomic mass is 10.1. The zero-order valence-electron chi connectivity index (χ0n) is 12.8. The Labute approximate surface area is 131 Å². The van der Waals surface area contributed by atoms with Crippen molar-refractivity contribution in [1.82, 2.24) is 15.1 Å². The summed E-state index contributed by atoms with van der Waals surface area (Å²) in [5, 5.41) is 5.59. The number of rotatable bonds is 5. The predicted octanol–water partition coefficient (Wildman–Crippen LogP) is 2.44. The summed E-state index contributed by atoms with van der Waals surface area (Å²) in [6.07, 6.45) is 4.90. The maximum atomic E-state index is 12.6. The van der Waals surface area contributed by atoms with Crippen molar-refractivity contribution in [2.24, 2.45) is 0 Å². The molecule has 2 atom stereocenters. The van der Waals surface area contributed by atoms with Crippen molar-refractivity contribution in [3.8, 4) is 0 Å². The van der Waals surface area contributed by atoms with Gasteiger partial charge < -0.3 is 9.80 Å². The van der Waals surface area contributed by atoms with Gasteiger partial charge in [-0.3, -0.25) is 10.1 Å². The minimum Gasteiger partial charge on any atom is -0.319 e. The van der Waals surface area contributed by atoms with Gasteiger partial charge in [-0.1, -0.05) is 19.4 Å². The van der Waals surface area contributed by atoms with Gasteiger partial charge in [0.1, 0.15) is 6.17 Å². The average molecular weight is 307 g/mol. The first-order chi connectivity index (χ1) is 10.3. The molecule has 0 aliphatic carbocycles. The average Bonchev–Trinajstić information content (AvgIpc) is 3.14. The van der Waals surface area contributed by atoms with Crippen LogP contribution < -0.4 is 5.32 Å². The number of thiophene rings is 1. The van der Waals surface area contributed by atoms with Crippen LogP contribution in [0.15, 0.2) is 17.5 Å². The van der Waals surface area contributed by atoms with Gasteiger partial charge in [-0.25, -0.2) is 0 Å². The minimum atomic E-state index is -0.0153. The zero-order valence-corrected chi connectivity index (χ0v) is 13.6. The highest BCUT2D eigenvalue weighted by Crippen LogP contribution is 2.29. The summed E-state index contributed by atoms with van der Waals surface area (Å²) < 4.78 is 0. The molecular formula is C16H25N3OS. The summed E-state index contributed by atoms with van der Waals surface area (Å²) in [5.41, 5.74) is 0. The molecule has 0 saturated carbocycles. The predicted molar refractivity (Wildman–Crippen MR) is 86.3 cm³/mol. The van der Waals surface area contributed by atoms with E-state index in [1.165, 1.54) is 37.2 Å². The zero-order chi connectivity index (χ0) is 14.7. The lowest BCUT2D eigenvalue weighted by Gasteiger charge is -2.30. The second-order valence-electron chi connectivity index (χ2n) is 5.98. The fraction of sp³-hybridized carbons (Fsp3) is 0.688. The normalized spacial score (nSPS) is 27.5. The Morgan fingerprint density at radius 3 is 2.76 bits per heavy atom. The monoisotopic (exact) mass is 307 g/mol.